The van der Waals surface area contributed by atoms with Crippen LogP contribution in [0.4, 0.5) is 0 Å². The van der Waals surface area contributed by atoms with Crippen molar-refractivity contribution in [2.45, 2.75) is 6.92 Å². The van der Waals surface area contributed by atoms with Crippen LogP contribution in [0, 0.1) is 6.92 Å². The predicted molar refractivity (Wildman–Crippen MR) is 66.4 cm³/mol. The lowest BCUT2D eigenvalue weighted by molar-refractivity contribution is -0.135. The molecule has 0 bridgehead atoms. The maximum absolute atomic E-state index is 11.9. The van der Waals surface area contributed by atoms with Gasteiger partial charge in [-0.3, -0.25) is 14.6 Å². The van der Waals surface area contributed by atoms with E-state index in [0.717, 1.165) is 5.52 Å². The summed E-state index contributed by atoms with van der Waals surface area (Å²) in [5, 5.41) is 11.6. The maximum atomic E-state index is 11.9. The Hall–Kier alpha value is -2.43. The molecule has 2 rings (SSSR count). The third-order valence-electron chi connectivity index (χ3n) is 2.49. The van der Waals surface area contributed by atoms with Crippen LogP contribution in [-0.4, -0.2) is 28.5 Å². The van der Waals surface area contributed by atoms with Crippen molar-refractivity contribution in [2.75, 3.05) is 6.54 Å². The van der Waals surface area contributed by atoms with Gasteiger partial charge in [-0.05, 0) is 19.1 Å². The summed E-state index contributed by atoms with van der Waals surface area (Å²) < 4.78 is 0. The Bertz CT molecular complexity index is 623. The van der Waals surface area contributed by atoms with Crippen LogP contribution in [-0.2, 0) is 4.79 Å². The second kappa shape index (κ2) is 4.83. The van der Waals surface area contributed by atoms with E-state index < -0.39 is 18.4 Å². The van der Waals surface area contributed by atoms with Crippen molar-refractivity contribution in [1.82, 2.24) is 10.3 Å². The Morgan fingerprint density at radius 3 is 2.78 bits per heavy atom. The summed E-state index contributed by atoms with van der Waals surface area (Å²) in [5.41, 5.74) is 1.88. The normalized spacial score (nSPS) is 10.3. The summed E-state index contributed by atoms with van der Waals surface area (Å²) >= 11 is 0. The predicted octanol–water partition coefficient (Wildman–Crippen LogP) is 1.36. The van der Waals surface area contributed by atoms with Gasteiger partial charge < -0.3 is 10.4 Å². The average Bonchev–Trinajstić information content (AvgIpc) is 2.34. The second-order valence-corrected chi connectivity index (χ2v) is 3.90. The topological polar surface area (TPSA) is 79.3 Å². The van der Waals surface area contributed by atoms with Crippen molar-refractivity contribution in [3.63, 3.8) is 0 Å². The fourth-order valence-corrected chi connectivity index (χ4v) is 1.75. The van der Waals surface area contributed by atoms with Gasteiger partial charge in [-0.25, -0.2) is 0 Å². The molecule has 2 aromatic rings. The molecule has 0 aliphatic carbocycles. The van der Waals surface area contributed by atoms with Crippen molar-refractivity contribution < 1.29 is 14.7 Å². The summed E-state index contributed by atoms with van der Waals surface area (Å²) in [6.07, 6.45) is 0. The number of carboxylic acid groups (broad SMARTS) is 1. The highest BCUT2D eigenvalue weighted by molar-refractivity contribution is 6.06. The zero-order valence-corrected chi connectivity index (χ0v) is 9.80. The third kappa shape index (κ3) is 2.45. The van der Waals surface area contributed by atoms with Crippen LogP contribution in [0.2, 0.25) is 0 Å². The van der Waals surface area contributed by atoms with E-state index in [0.29, 0.717) is 16.6 Å². The van der Waals surface area contributed by atoms with Crippen LogP contribution in [0.3, 0.4) is 0 Å². The first-order valence-electron chi connectivity index (χ1n) is 5.44. The van der Waals surface area contributed by atoms with Gasteiger partial charge in [0.1, 0.15) is 6.54 Å². The molecule has 0 radical (unpaired) electrons. The number of para-hydroxylation sites is 1. The first kappa shape index (κ1) is 12.0. The number of rotatable bonds is 3. The second-order valence-electron chi connectivity index (χ2n) is 3.90. The molecule has 1 aromatic heterocycles. The molecule has 0 aliphatic heterocycles. The lowest BCUT2D eigenvalue weighted by Crippen LogP contribution is -2.29. The number of aryl methyl sites for hydroxylation is 1. The van der Waals surface area contributed by atoms with E-state index in [1.165, 1.54) is 0 Å². The minimum absolute atomic E-state index is 0.394. The van der Waals surface area contributed by atoms with E-state index in [2.05, 4.69) is 10.3 Å². The van der Waals surface area contributed by atoms with Gasteiger partial charge in [-0.15, -0.1) is 0 Å². The highest BCUT2D eigenvalue weighted by Gasteiger charge is 2.12. The van der Waals surface area contributed by atoms with Gasteiger partial charge in [-0.1, -0.05) is 18.2 Å². The van der Waals surface area contributed by atoms with Crippen molar-refractivity contribution in [3.05, 3.63) is 41.6 Å². The Morgan fingerprint density at radius 1 is 1.33 bits per heavy atom. The third-order valence-corrected chi connectivity index (χ3v) is 2.49. The van der Waals surface area contributed by atoms with E-state index in [9.17, 15) is 9.59 Å². The monoisotopic (exact) mass is 244 g/mol. The van der Waals surface area contributed by atoms with Crippen LogP contribution in [0.5, 0.6) is 0 Å². The van der Waals surface area contributed by atoms with Crippen LogP contribution in [0.1, 0.15) is 16.1 Å². The number of carbonyl (C=O) groups is 2. The number of carboxylic acids is 1. The largest absolute Gasteiger partial charge is 0.480 e. The van der Waals surface area contributed by atoms with Crippen LogP contribution >= 0.6 is 0 Å². The zero-order chi connectivity index (χ0) is 13.1. The molecule has 1 amide bonds. The van der Waals surface area contributed by atoms with E-state index >= 15 is 0 Å². The quantitative estimate of drug-likeness (QED) is 0.854. The standard InChI is InChI=1S/C13H12N2O3/c1-8-6-10(13(18)14-7-12(16)17)9-4-2-3-5-11(9)15-8/h2-6H,7H2,1H3,(H,14,18)(H,16,17). The number of nitrogens with one attached hydrogen (secondary N) is 1. The molecule has 0 saturated heterocycles. The van der Waals surface area contributed by atoms with Gasteiger partial charge in [0.2, 0.25) is 0 Å². The molecule has 18 heavy (non-hydrogen) atoms. The van der Waals surface area contributed by atoms with E-state index in [-0.39, 0.29) is 0 Å². The maximum Gasteiger partial charge on any atom is 0.322 e. The average molecular weight is 244 g/mol. The highest BCUT2D eigenvalue weighted by Crippen LogP contribution is 2.17. The first-order valence-corrected chi connectivity index (χ1v) is 5.44. The minimum Gasteiger partial charge on any atom is -0.480 e. The number of hydrogen-bond acceptors (Lipinski definition) is 3. The molecule has 1 heterocycles. The molecule has 1 aromatic carbocycles. The highest BCUT2D eigenvalue weighted by atomic mass is 16.4. The van der Waals surface area contributed by atoms with Crippen molar-refractivity contribution >= 4 is 22.8 Å². The number of pyridine rings is 1. The summed E-state index contributed by atoms with van der Waals surface area (Å²) in [7, 11) is 0. The fraction of sp³-hybridized carbons (Fsp3) is 0.154. The number of aromatic nitrogens is 1. The molecule has 5 heteroatoms. The molecule has 0 aliphatic rings. The Morgan fingerprint density at radius 2 is 2.06 bits per heavy atom. The number of nitrogens with zero attached hydrogens (tertiary/aromatic N) is 1. The Kier molecular flexibility index (Phi) is 3.23. The lowest BCUT2D eigenvalue weighted by atomic mass is 10.1. The molecule has 5 nitrogen and oxygen atoms in total. The number of carbonyl (C=O) groups excluding carboxylic acids is 1. The summed E-state index contributed by atoms with van der Waals surface area (Å²) in [5.74, 6) is -1.47. The van der Waals surface area contributed by atoms with Gasteiger partial charge in [-0.2, -0.15) is 0 Å². The zero-order valence-electron chi connectivity index (χ0n) is 9.80. The molecular formula is C13H12N2O3. The first-order chi connectivity index (χ1) is 8.58. The van der Waals surface area contributed by atoms with Gasteiger partial charge >= 0.3 is 5.97 Å². The lowest BCUT2D eigenvalue weighted by Gasteiger charge is -2.07. The van der Waals surface area contributed by atoms with Gasteiger partial charge in [0, 0.05) is 11.1 Å². The Balaban J connectivity index is 2.43. The number of hydrogen-bond donors (Lipinski definition) is 2. The summed E-state index contributed by atoms with van der Waals surface area (Å²) in [6.45, 7) is 1.40. The Labute approximate surface area is 103 Å². The van der Waals surface area contributed by atoms with Crippen LogP contribution in [0.25, 0.3) is 10.9 Å². The molecule has 0 spiro atoms. The number of fused-ring (bicyclic) bond motifs is 1. The molecular weight excluding hydrogens is 232 g/mol. The van der Waals surface area contributed by atoms with Crippen LogP contribution < -0.4 is 5.32 Å². The van der Waals surface area contributed by atoms with E-state index in [4.69, 9.17) is 5.11 Å². The van der Waals surface area contributed by atoms with Crippen molar-refractivity contribution in [3.8, 4) is 0 Å². The molecule has 92 valence electrons. The molecule has 2 N–H and O–H groups in total. The SMILES string of the molecule is Cc1cc(C(=O)NCC(=O)O)c2ccccc2n1. The fourth-order valence-electron chi connectivity index (χ4n) is 1.75. The van der Waals surface area contributed by atoms with Gasteiger partial charge in [0.15, 0.2) is 0 Å². The minimum atomic E-state index is -1.07. The number of benzene rings is 1. The molecule has 0 atom stereocenters. The van der Waals surface area contributed by atoms with Crippen LogP contribution in [0.15, 0.2) is 30.3 Å². The molecule has 0 fully saturated rings. The van der Waals surface area contributed by atoms with Gasteiger partial charge in [0.05, 0.1) is 11.1 Å². The number of aliphatic carboxylic acids is 1. The van der Waals surface area contributed by atoms with E-state index in [1.54, 1.807) is 19.1 Å². The summed E-state index contributed by atoms with van der Waals surface area (Å²) in [4.78, 5) is 26.7. The van der Waals surface area contributed by atoms with Crippen molar-refractivity contribution in [1.29, 1.82) is 0 Å². The molecule has 0 unspecified atom stereocenters. The van der Waals surface area contributed by atoms with E-state index in [1.807, 2.05) is 18.2 Å². The van der Waals surface area contributed by atoms with Crippen molar-refractivity contribution in [2.24, 2.45) is 0 Å². The molecule has 0 saturated carbocycles. The van der Waals surface area contributed by atoms with Gasteiger partial charge in [0.25, 0.3) is 5.91 Å². The number of amides is 1. The summed E-state index contributed by atoms with van der Waals surface area (Å²) in [6, 6.07) is 8.91. The smallest absolute Gasteiger partial charge is 0.322 e.